The predicted octanol–water partition coefficient (Wildman–Crippen LogP) is 2.59. The SMILES string of the molecule is COC(=O)[C@@H]1C[C@@H](OC(F)F)CN1C(=O)CNC(=O)c1ccc(Oc2ccccc2)cc1. The lowest BCUT2D eigenvalue weighted by atomic mass is 10.2. The lowest BCUT2D eigenvalue weighted by molar-refractivity contribution is -0.160. The molecule has 2 aromatic rings. The number of carbonyl (C=O) groups is 3. The second-order valence-corrected chi connectivity index (χ2v) is 6.96. The molecule has 1 heterocycles. The zero-order valence-corrected chi connectivity index (χ0v) is 17.2. The minimum absolute atomic E-state index is 0.112. The fraction of sp³-hybridized carbons (Fsp3) is 0.318. The number of esters is 1. The minimum atomic E-state index is -3.03. The standard InChI is InChI=1S/C22H22F2N2O6/c1-30-21(29)18-11-17(32-22(23)24)13-26(18)19(27)12-25-20(28)14-7-9-16(10-8-14)31-15-5-3-2-4-6-15/h2-10,17-18,22H,11-13H2,1H3,(H,25,28)/t17-,18+/m1/s1. The molecule has 170 valence electrons. The molecule has 1 fully saturated rings. The summed E-state index contributed by atoms with van der Waals surface area (Å²) in [6.07, 6.45) is -1.12. The highest BCUT2D eigenvalue weighted by molar-refractivity contribution is 5.97. The number of hydrogen-bond acceptors (Lipinski definition) is 6. The predicted molar refractivity (Wildman–Crippen MR) is 108 cm³/mol. The molecule has 0 saturated carbocycles. The van der Waals surface area contributed by atoms with Crippen LogP contribution < -0.4 is 10.1 Å². The van der Waals surface area contributed by atoms with Gasteiger partial charge in [0.05, 0.1) is 19.8 Å². The maximum Gasteiger partial charge on any atom is 0.345 e. The van der Waals surface area contributed by atoms with Crippen LogP contribution in [0.2, 0.25) is 0 Å². The number of nitrogens with zero attached hydrogens (tertiary/aromatic N) is 1. The van der Waals surface area contributed by atoms with Crippen molar-refractivity contribution < 1.29 is 37.4 Å². The van der Waals surface area contributed by atoms with E-state index >= 15 is 0 Å². The van der Waals surface area contributed by atoms with E-state index in [-0.39, 0.29) is 13.0 Å². The zero-order valence-electron chi connectivity index (χ0n) is 17.2. The molecule has 2 amide bonds. The van der Waals surface area contributed by atoms with Gasteiger partial charge in [-0.3, -0.25) is 9.59 Å². The van der Waals surface area contributed by atoms with Crippen LogP contribution in [-0.4, -0.2) is 61.6 Å². The summed E-state index contributed by atoms with van der Waals surface area (Å²) in [7, 11) is 1.14. The van der Waals surface area contributed by atoms with Crippen molar-refractivity contribution in [1.29, 1.82) is 0 Å². The van der Waals surface area contributed by atoms with Crippen LogP contribution in [0, 0.1) is 0 Å². The Labute approximate surface area is 183 Å². The maximum absolute atomic E-state index is 12.5. The van der Waals surface area contributed by atoms with Gasteiger partial charge in [-0.1, -0.05) is 18.2 Å². The Morgan fingerprint density at radius 3 is 2.34 bits per heavy atom. The first-order chi connectivity index (χ1) is 15.4. The number of rotatable bonds is 8. The van der Waals surface area contributed by atoms with Gasteiger partial charge in [0, 0.05) is 18.5 Å². The largest absolute Gasteiger partial charge is 0.467 e. The Kier molecular flexibility index (Phi) is 7.72. The first-order valence-corrected chi connectivity index (χ1v) is 9.79. The van der Waals surface area contributed by atoms with Crippen LogP contribution in [0.15, 0.2) is 54.6 Å². The third kappa shape index (κ3) is 6.01. The minimum Gasteiger partial charge on any atom is -0.467 e. The van der Waals surface area contributed by atoms with Crippen LogP contribution in [0.1, 0.15) is 16.8 Å². The maximum atomic E-state index is 12.5. The number of carbonyl (C=O) groups excluding carboxylic acids is 3. The highest BCUT2D eigenvalue weighted by atomic mass is 19.3. The topological polar surface area (TPSA) is 94.2 Å². The van der Waals surface area contributed by atoms with E-state index in [9.17, 15) is 23.2 Å². The smallest absolute Gasteiger partial charge is 0.345 e. The second-order valence-electron chi connectivity index (χ2n) is 6.96. The van der Waals surface area contributed by atoms with Crippen LogP contribution in [0.3, 0.4) is 0 Å². The fourth-order valence-electron chi connectivity index (χ4n) is 3.34. The number of amides is 2. The Morgan fingerprint density at radius 1 is 1.06 bits per heavy atom. The summed E-state index contributed by atoms with van der Waals surface area (Å²) < 4.78 is 39.8. The molecule has 1 N–H and O–H groups in total. The molecule has 1 aliphatic rings. The second kappa shape index (κ2) is 10.7. The summed E-state index contributed by atoms with van der Waals surface area (Å²) in [5, 5.41) is 2.47. The van der Waals surface area contributed by atoms with Crippen molar-refractivity contribution >= 4 is 17.8 Å². The van der Waals surface area contributed by atoms with E-state index in [0.717, 1.165) is 12.0 Å². The number of benzene rings is 2. The summed E-state index contributed by atoms with van der Waals surface area (Å²) >= 11 is 0. The first-order valence-electron chi connectivity index (χ1n) is 9.79. The van der Waals surface area contributed by atoms with Gasteiger partial charge in [0.15, 0.2) is 0 Å². The molecule has 0 unspecified atom stereocenters. The van der Waals surface area contributed by atoms with Gasteiger partial charge in [-0.25, -0.2) is 4.79 Å². The molecule has 3 rings (SSSR count). The van der Waals surface area contributed by atoms with E-state index in [4.69, 9.17) is 4.74 Å². The number of halogens is 2. The number of hydrogen-bond donors (Lipinski definition) is 1. The van der Waals surface area contributed by atoms with Crippen molar-refractivity contribution in [2.24, 2.45) is 0 Å². The lowest BCUT2D eigenvalue weighted by Gasteiger charge is -2.22. The number of ether oxygens (including phenoxy) is 3. The van der Waals surface area contributed by atoms with Crippen molar-refractivity contribution in [3.63, 3.8) is 0 Å². The molecule has 10 heteroatoms. The van der Waals surface area contributed by atoms with Crippen LogP contribution in [0.5, 0.6) is 11.5 Å². The highest BCUT2D eigenvalue weighted by Crippen LogP contribution is 2.24. The summed E-state index contributed by atoms with van der Waals surface area (Å²) in [6, 6.07) is 14.4. The molecule has 8 nitrogen and oxygen atoms in total. The highest BCUT2D eigenvalue weighted by Gasteiger charge is 2.41. The van der Waals surface area contributed by atoms with Crippen LogP contribution >= 0.6 is 0 Å². The van der Waals surface area contributed by atoms with Crippen LogP contribution in [0.4, 0.5) is 8.78 Å². The lowest BCUT2D eigenvalue weighted by Crippen LogP contribution is -2.46. The van der Waals surface area contributed by atoms with Crippen molar-refractivity contribution in [2.45, 2.75) is 25.2 Å². The normalized spacial score (nSPS) is 17.8. The van der Waals surface area contributed by atoms with Crippen molar-refractivity contribution in [3.8, 4) is 11.5 Å². The van der Waals surface area contributed by atoms with Gasteiger partial charge in [-0.15, -0.1) is 0 Å². The summed E-state index contributed by atoms with van der Waals surface area (Å²) in [4.78, 5) is 37.9. The van der Waals surface area contributed by atoms with Crippen molar-refractivity contribution in [3.05, 3.63) is 60.2 Å². The number of alkyl halides is 2. The van der Waals surface area contributed by atoms with Gasteiger partial charge in [0.25, 0.3) is 5.91 Å². The average molecular weight is 448 g/mol. The number of nitrogens with one attached hydrogen (secondary N) is 1. The van der Waals surface area contributed by atoms with E-state index in [1.807, 2.05) is 18.2 Å². The molecule has 2 atom stereocenters. The molecular weight excluding hydrogens is 426 g/mol. The Balaban J connectivity index is 1.56. The van der Waals surface area contributed by atoms with E-state index < -0.39 is 43.1 Å². The molecular formula is C22H22F2N2O6. The van der Waals surface area contributed by atoms with Gasteiger partial charge in [-0.2, -0.15) is 8.78 Å². The Hall–Kier alpha value is -3.53. The third-order valence-corrected chi connectivity index (χ3v) is 4.85. The molecule has 0 bridgehead atoms. The summed E-state index contributed by atoms with van der Waals surface area (Å²) in [5.74, 6) is -0.682. The molecule has 0 aliphatic carbocycles. The van der Waals surface area contributed by atoms with Crippen molar-refractivity contribution in [2.75, 3.05) is 20.2 Å². The fourth-order valence-corrected chi connectivity index (χ4v) is 3.34. The molecule has 0 radical (unpaired) electrons. The molecule has 0 aromatic heterocycles. The van der Waals surface area contributed by atoms with Gasteiger partial charge >= 0.3 is 12.6 Å². The number of methoxy groups -OCH3 is 1. The van der Waals surface area contributed by atoms with Crippen LogP contribution in [-0.2, 0) is 19.1 Å². The van der Waals surface area contributed by atoms with E-state index in [2.05, 4.69) is 14.8 Å². The Bertz CT molecular complexity index is 939. The third-order valence-electron chi connectivity index (χ3n) is 4.85. The zero-order chi connectivity index (χ0) is 23.1. The van der Waals surface area contributed by atoms with E-state index in [0.29, 0.717) is 17.1 Å². The van der Waals surface area contributed by atoms with Gasteiger partial charge in [-0.05, 0) is 36.4 Å². The Morgan fingerprint density at radius 2 is 1.72 bits per heavy atom. The molecule has 1 aliphatic heterocycles. The first kappa shape index (κ1) is 23.1. The van der Waals surface area contributed by atoms with E-state index in [1.165, 1.54) is 12.1 Å². The van der Waals surface area contributed by atoms with Gasteiger partial charge in [0.2, 0.25) is 5.91 Å². The number of para-hydroxylation sites is 1. The quantitative estimate of drug-likeness (QED) is 0.624. The summed E-state index contributed by atoms with van der Waals surface area (Å²) in [5.41, 5.74) is 0.295. The molecule has 0 spiro atoms. The summed E-state index contributed by atoms with van der Waals surface area (Å²) in [6.45, 7) is -3.65. The molecule has 2 aromatic carbocycles. The van der Waals surface area contributed by atoms with Crippen LogP contribution in [0.25, 0.3) is 0 Å². The molecule has 32 heavy (non-hydrogen) atoms. The average Bonchev–Trinajstić information content (AvgIpc) is 3.21. The van der Waals surface area contributed by atoms with Gasteiger partial charge in [0.1, 0.15) is 17.5 Å². The van der Waals surface area contributed by atoms with Crippen molar-refractivity contribution in [1.82, 2.24) is 10.2 Å². The molecule has 1 saturated heterocycles. The monoisotopic (exact) mass is 448 g/mol. The number of likely N-dealkylation sites (tertiary alicyclic amines) is 1. The van der Waals surface area contributed by atoms with E-state index in [1.54, 1.807) is 24.3 Å². The van der Waals surface area contributed by atoms with Gasteiger partial charge < -0.3 is 24.4 Å².